The summed E-state index contributed by atoms with van der Waals surface area (Å²) in [5, 5.41) is 8.02. The SMILES string of the molecule is Cc1nccn1Cc1cccc(CNc2nc3c(cnn3-c3ccccc3)c(=O)[nH]2)c1. The number of rotatable bonds is 6. The van der Waals surface area contributed by atoms with E-state index < -0.39 is 0 Å². The minimum atomic E-state index is -0.223. The lowest BCUT2D eigenvalue weighted by Gasteiger charge is -2.09. The van der Waals surface area contributed by atoms with Gasteiger partial charge in [0.2, 0.25) is 5.95 Å². The number of nitrogens with one attached hydrogen (secondary N) is 2. The van der Waals surface area contributed by atoms with E-state index in [2.05, 4.69) is 42.1 Å². The smallest absolute Gasteiger partial charge is 0.263 e. The zero-order chi connectivity index (χ0) is 21.2. The van der Waals surface area contributed by atoms with Crippen LogP contribution in [0.4, 0.5) is 5.95 Å². The Labute approximate surface area is 178 Å². The van der Waals surface area contributed by atoms with Crippen molar-refractivity contribution >= 4 is 17.0 Å². The Balaban J connectivity index is 1.38. The van der Waals surface area contributed by atoms with Gasteiger partial charge in [-0.3, -0.25) is 9.78 Å². The molecule has 0 aliphatic heterocycles. The number of hydrogen-bond donors (Lipinski definition) is 2. The summed E-state index contributed by atoms with van der Waals surface area (Å²) in [6.07, 6.45) is 5.32. The Morgan fingerprint density at radius 2 is 1.90 bits per heavy atom. The van der Waals surface area contributed by atoms with Crippen LogP contribution in [0.2, 0.25) is 0 Å². The van der Waals surface area contributed by atoms with Gasteiger partial charge in [0.25, 0.3) is 5.56 Å². The van der Waals surface area contributed by atoms with Crippen LogP contribution in [0.15, 0.2) is 78.0 Å². The summed E-state index contributed by atoms with van der Waals surface area (Å²) >= 11 is 0. The van der Waals surface area contributed by atoms with E-state index in [1.54, 1.807) is 17.1 Å². The molecule has 0 fully saturated rings. The van der Waals surface area contributed by atoms with E-state index in [1.807, 2.05) is 55.6 Å². The second kappa shape index (κ2) is 7.91. The fourth-order valence-corrected chi connectivity index (χ4v) is 3.55. The molecule has 31 heavy (non-hydrogen) atoms. The van der Waals surface area contributed by atoms with Crippen molar-refractivity contribution in [3.8, 4) is 5.69 Å². The molecule has 8 heteroatoms. The van der Waals surface area contributed by atoms with Gasteiger partial charge in [-0.15, -0.1) is 0 Å². The number of hydrogen-bond acceptors (Lipinski definition) is 5. The van der Waals surface area contributed by atoms with Gasteiger partial charge < -0.3 is 9.88 Å². The van der Waals surface area contributed by atoms with E-state index >= 15 is 0 Å². The lowest BCUT2D eigenvalue weighted by molar-refractivity contribution is 0.760. The molecule has 0 unspecified atom stereocenters. The largest absolute Gasteiger partial charge is 0.352 e. The van der Waals surface area contributed by atoms with E-state index in [4.69, 9.17) is 0 Å². The van der Waals surface area contributed by atoms with E-state index in [-0.39, 0.29) is 5.56 Å². The molecule has 0 radical (unpaired) electrons. The molecule has 2 N–H and O–H groups in total. The highest BCUT2D eigenvalue weighted by Crippen LogP contribution is 2.15. The van der Waals surface area contributed by atoms with Crippen LogP contribution in [0.25, 0.3) is 16.7 Å². The van der Waals surface area contributed by atoms with Gasteiger partial charge in [-0.2, -0.15) is 10.1 Å². The molecule has 3 heterocycles. The third-order valence-electron chi connectivity index (χ3n) is 5.17. The van der Waals surface area contributed by atoms with Crippen LogP contribution >= 0.6 is 0 Å². The number of aryl methyl sites for hydroxylation is 1. The maximum Gasteiger partial charge on any atom is 0.263 e. The fraction of sp³-hybridized carbons (Fsp3) is 0.130. The molecule has 0 aliphatic rings. The molecule has 0 aliphatic carbocycles. The van der Waals surface area contributed by atoms with Crippen molar-refractivity contribution in [2.75, 3.05) is 5.32 Å². The van der Waals surface area contributed by atoms with Gasteiger partial charge in [0.05, 0.1) is 11.9 Å². The maximum atomic E-state index is 12.5. The first-order valence-electron chi connectivity index (χ1n) is 10.0. The van der Waals surface area contributed by atoms with Crippen LogP contribution in [0.1, 0.15) is 17.0 Å². The van der Waals surface area contributed by atoms with Gasteiger partial charge in [0, 0.05) is 25.5 Å². The monoisotopic (exact) mass is 411 g/mol. The molecule has 3 aromatic heterocycles. The lowest BCUT2D eigenvalue weighted by Crippen LogP contribution is -2.13. The van der Waals surface area contributed by atoms with Crippen molar-refractivity contribution in [1.82, 2.24) is 29.3 Å². The molecule has 2 aromatic carbocycles. The van der Waals surface area contributed by atoms with Crippen LogP contribution in [0.3, 0.4) is 0 Å². The summed E-state index contributed by atoms with van der Waals surface area (Å²) in [5.74, 6) is 1.39. The van der Waals surface area contributed by atoms with Crippen molar-refractivity contribution in [2.45, 2.75) is 20.0 Å². The van der Waals surface area contributed by atoms with Crippen LogP contribution in [0, 0.1) is 6.92 Å². The first kappa shape index (κ1) is 18.8. The summed E-state index contributed by atoms with van der Waals surface area (Å²) in [7, 11) is 0. The average molecular weight is 411 g/mol. The van der Waals surface area contributed by atoms with Crippen LogP contribution < -0.4 is 10.9 Å². The number of aromatic nitrogens is 6. The molecule has 0 spiro atoms. The van der Waals surface area contributed by atoms with Gasteiger partial charge >= 0.3 is 0 Å². The van der Waals surface area contributed by atoms with Gasteiger partial charge in [-0.25, -0.2) is 9.67 Å². The predicted octanol–water partition coefficient (Wildman–Crippen LogP) is 3.27. The Kier molecular flexibility index (Phi) is 4.80. The summed E-state index contributed by atoms with van der Waals surface area (Å²) in [6, 6.07) is 17.9. The molecule has 154 valence electrons. The Hall–Kier alpha value is -4.20. The van der Waals surface area contributed by atoms with Crippen molar-refractivity contribution in [1.29, 1.82) is 0 Å². The molecule has 0 saturated carbocycles. The molecule has 0 atom stereocenters. The van der Waals surface area contributed by atoms with Crippen LogP contribution in [0.5, 0.6) is 0 Å². The number of fused-ring (bicyclic) bond motifs is 1. The molecular weight excluding hydrogens is 390 g/mol. The third-order valence-corrected chi connectivity index (χ3v) is 5.17. The van der Waals surface area contributed by atoms with Gasteiger partial charge in [-0.1, -0.05) is 42.5 Å². The van der Waals surface area contributed by atoms with E-state index in [1.165, 1.54) is 5.56 Å². The Morgan fingerprint density at radius 3 is 2.71 bits per heavy atom. The number of aromatic amines is 1. The Bertz CT molecular complexity index is 1400. The zero-order valence-corrected chi connectivity index (χ0v) is 17.0. The summed E-state index contributed by atoms with van der Waals surface area (Å²) < 4.78 is 3.77. The number of benzene rings is 2. The maximum absolute atomic E-state index is 12.5. The highest BCUT2D eigenvalue weighted by Gasteiger charge is 2.11. The normalized spacial score (nSPS) is 11.1. The quantitative estimate of drug-likeness (QED) is 0.447. The van der Waals surface area contributed by atoms with Gasteiger partial charge in [0.15, 0.2) is 5.65 Å². The van der Waals surface area contributed by atoms with Crippen molar-refractivity contribution < 1.29 is 0 Å². The zero-order valence-electron chi connectivity index (χ0n) is 17.0. The van der Waals surface area contributed by atoms with Crippen molar-refractivity contribution in [2.24, 2.45) is 0 Å². The van der Waals surface area contributed by atoms with Crippen LogP contribution in [-0.2, 0) is 13.1 Å². The summed E-state index contributed by atoms with van der Waals surface area (Å²) in [5.41, 5.74) is 3.42. The number of imidazole rings is 1. The number of H-pyrrole nitrogens is 1. The second-order valence-corrected chi connectivity index (χ2v) is 7.32. The molecule has 0 bridgehead atoms. The first-order chi connectivity index (χ1) is 15.2. The topological polar surface area (TPSA) is 93.4 Å². The number of nitrogens with zero attached hydrogens (tertiary/aromatic N) is 5. The number of anilines is 1. The van der Waals surface area contributed by atoms with Crippen LogP contribution in [-0.4, -0.2) is 29.3 Å². The van der Waals surface area contributed by atoms with E-state index in [9.17, 15) is 4.79 Å². The molecule has 0 amide bonds. The van der Waals surface area contributed by atoms with Crippen molar-refractivity contribution in [3.63, 3.8) is 0 Å². The molecule has 5 rings (SSSR count). The fourth-order valence-electron chi connectivity index (χ4n) is 3.55. The number of para-hydroxylation sites is 1. The molecule has 0 saturated heterocycles. The van der Waals surface area contributed by atoms with E-state index in [0.29, 0.717) is 23.5 Å². The minimum absolute atomic E-state index is 0.223. The molecule has 5 aromatic rings. The summed E-state index contributed by atoms with van der Waals surface area (Å²) in [6.45, 7) is 3.28. The third kappa shape index (κ3) is 3.83. The predicted molar refractivity (Wildman–Crippen MR) is 119 cm³/mol. The molecular formula is C23H21N7O. The first-order valence-corrected chi connectivity index (χ1v) is 10.0. The summed E-state index contributed by atoms with van der Waals surface area (Å²) in [4.78, 5) is 24.2. The minimum Gasteiger partial charge on any atom is -0.352 e. The van der Waals surface area contributed by atoms with Gasteiger partial charge in [0.1, 0.15) is 11.2 Å². The second-order valence-electron chi connectivity index (χ2n) is 7.32. The highest BCUT2D eigenvalue weighted by atomic mass is 16.1. The highest BCUT2D eigenvalue weighted by molar-refractivity contribution is 5.76. The van der Waals surface area contributed by atoms with E-state index in [0.717, 1.165) is 23.6 Å². The molecule has 8 nitrogen and oxygen atoms in total. The average Bonchev–Trinajstić information content (AvgIpc) is 3.40. The standard InChI is InChI=1S/C23H21N7O/c1-16-24-10-11-29(16)15-18-7-5-6-17(12-18)13-25-23-27-21-20(22(31)28-23)14-26-30(21)19-8-3-2-4-9-19/h2-12,14H,13,15H2,1H3,(H2,25,27,28,31). The van der Waals surface area contributed by atoms with Crippen molar-refractivity contribution in [3.05, 3.63) is 100 Å². The van der Waals surface area contributed by atoms with Gasteiger partial charge in [-0.05, 0) is 30.2 Å². The lowest BCUT2D eigenvalue weighted by atomic mass is 10.1. The Morgan fingerprint density at radius 1 is 1.06 bits per heavy atom.